The summed E-state index contributed by atoms with van der Waals surface area (Å²) in [5, 5.41) is 2.75. The molecule has 2 aromatic rings. The van der Waals surface area contributed by atoms with Crippen LogP contribution in [0.1, 0.15) is 6.92 Å². The highest BCUT2D eigenvalue weighted by molar-refractivity contribution is 7.92. The molecule has 0 aliphatic rings. The number of halogens is 1. The van der Waals surface area contributed by atoms with Crippen LogP contribution in [-0.2, 0) is 14.8 Å². The van der Waals surface area contributed by atoms with Gasteiger partial charge in [0.1, 0.15) is 5.15 Å². The Hall–Kier alpha value is -2.12. The molecule has 2 rings (SSSR count). The number of nitrogens with one attached hydrogen (secondary N) is 2. The van der Waals surface area contributed by atoms with Crippen molar-refractivity contribution < 1.29 is 13.2 Å². The lowest BCUT2D eigenvalue weighted by molar-refractivity contribution is -0.114. The summed E-state index contributed by atoms with van der Waals surface area (Å²) in [6, 6.07) is 8.72. The van der Waals surface area contributed by atoms with E-state index in [1.54, 1.807) is 0 Å². The van der Waals surface area contributed by atoms with Crippen LogP contribution in [0.25, 0.3) is 0 Å². The Morgan fingerprint density at radius 1 is 1.14 bits per heavy atom. The zero-order chi connectivity index (χ0) is 15.5. The van der Waals surface area contributed by atoms with E-state index < -0.39 is 10.0 Å². The highest BCUT2D eigenvalue weighted by atomic mass is 35.5. The van der Waals surface area contributed by atoms with E-state index in [-0.39, 0.29) is 16.0 Å². The van der Waals surface area contributed by atoms with Gasteiger partial charge in [0.2, 0.25) is 5.91 Å². The second-order valence-electron chi connectivity index (χ2n) is 4.18. The maximum absolute atomic E-state index is 12.2. The van der Waals surface area contributed by atoms with Crippen molar-refractivity contribution in [3.8, 4) is 0 Å². The third kappa shape index (κ3) is 4.17. The number of carbonyl (C=O) groups excluding carboxylic acids is 1. The van der Waals surface area contributed by atoms with E-state index in [2.05, 4.69) is 15.0 Å². The lowest BCUT2D eigenvalue weighted by Crippen LogP contribution is -2.13. The van der Waals surface area contributed by atoms with Gasteiger partial charge in [0, 0.05) is 18.8 Å². The Labute approximate surface area is 127 Å². The van der Waals surface area contributed by atoms with Crippen molar-refractivity contribution in [2.75, 3.05) is 10.0 Å². The summed E-state index contributed by atoms with van der Waals surface area (Å²) in [5.41, 5.74) is 0.842. The Balaban J connectivity index is 2.21. The third-order valence-corrected chi connectivity index (χ3v) is 4.07. The van der Waals surface area contributed by atoms with Crippen LogP contribution in [0.4, 0.5) is 11.4 Å². The molecule has 1 aromatic carbocycles. The zero-order valence-corrected chi connectivity index (χ0v) is 12.6. The van der Waals surface area contributed by atoms with Crippen LogP contribution in [0.5, 0.6) is 0 Å². The second kappa shape index (κ2) is 6.11. The molecule has 110 valence electrons. The van der Waals surface area contributed by atoms with Gasteiger partial charge in [0.25, 0.3) is 10.0 Å². The maximum Gasteiger partial charge on any atom is 0.261 e. The first kappa shape index (κ1) is 15.3. The number of nitrogens with zero attached hydrogens (tertiary/aromatic N) is 1. The highest BCUT2D eigenvalue weighted by Crippen LogP contribution is 2.19. The number of anilines is 2. The van der Waals surface area contributed by atoms with E-state index in [1.807, 2.05) is 0 Å². The van der Waals surface area contributed by atoms with Gasteiger partial charge in [-0.15, -0.1) is 0 Å². The molecular formula is C13H12ClN3O3S. The highest BCUT2D eigenvalue weighted by Gasteiger charge is 2.14. The smallest absolute Gasteiger partial charge is 0.261 e. The van der Waals surface area contributed by atoms with Crippen LogP contribution in [0, 0.1) is 0 Å². The van der Waals surface area contributed by atoms with Crippen LogP contribution < -0.4 is 10.0 Å². The summed E-state index contributed by atoms with van der Waals surface area (Å²) in [7, 11) is -3.72. The predicted octanol–water partition coefficient (Wildman–Crippen LogP) is 2.49. The van der Waals surface area contributed by atoms with E-state index in [9.17, 15) is 13.2 Å². The molecule has 2 N–H and O–H groups in total. The minimum atomic E-state index is -3.72. The molecule has 0 saturated heterocycles. The van der Waals surface area contributed by atoms with Gasteiger partial charge in [0.05, 0.1) is 10.6 Å². The van der Waals surface area contributed by atoms with E-state index in [4.69, 9.17) is 11.6 Å². The van der Waals surface area contributed by atoms with Crippen molar-refractivity contribution in [2.45, 2.75) is 11.8 Å². The molecule has 21 heavy (non-hydrogen) atoms. The molecule has 0 aliphatic heterocycles. The van der Waals surface area contributed by atoms with E-state index in [0.717, 1.165) is 0 Å². The summed E-state index contributed by atoms with van der Waals surface area (Å²) in [5.74, 6) is -0.227. The van der Waals surface area contributed by atoms with Crippen molar-refractivity contribution in [1.29, 1.82) is 0 Å². The average Bonchev–Trinajstić information content (AvgIpc) is 2.38. The van der Waals surface area contributed by atoms with Crippen LogP contribution in [0.3, 0.4) is 0 Å². The molecule has 0 unspecified atom stereocenters. The third-order valence-electron chi connectivity index (χ3n) is 2.46. The zero-order valence-electron chi connectivity index (χ0n) is 11.0. The maximum atomic E-state index is 12.2. The number of aromatic nitrogens is 1. The monoisotopic (exact) mass is 325 g/mol. The van der Waals surface area contributed by atoms with Gasteiger partial charge in [-0.3, -0.25) is 9.52 Å². The minimum absolute atomic E-state index is 0.0736. The summed E-state index contributed by atoms with van der Waals surface area (Å²) < 4.78 is 26.8. The normalized spacial score (nSPS) is 11.0. The van der Waals surface area contributed by atoms with Crippen LogP contribution >= 0.6 is 11.6 Å². The van der Waals surface area contributed by atoms with Gasteiger partial charge >= 0.3 is 0 Å². The van der Waals surface area contributed by atoms with Gasteiger partial charge < -0.3 is 5.32 Å². The van der Waals surface area contributed by atoms with Gasteiger partial charge in [0.15, 0.2) is 0 Å². The molecule has 1 heterocycles. The van der Waals surface area contributed by atoms with E-state index in [0.29, 0.717) is 11.4 Å². The number of amides is 1. The summed E-state index contributed by atoms with van der Waals surface area (Å²) in [6.07, 6.45) is 1.40. The second-order valence-corrected chi connectivity index (χ2v) is 6.25. The molecule has 0 radical (unpaired) electrons. The van der Waals surface area contributed by atoms with Crippen molar-refractivity contribution in [2.24, 2.45) is 0 Å². The Morgan fingerprint density at radius 2 is 1.81 bits per heavy atom. The molecular weight excluding hydrogens is 314 g/mol. The first-order valence-electron chi connectivity index (χ1n) is 5.89. The molecule has 0 atom stereocenters. The Bertz CT molecular complexity index is 760. The lowest BCUT2D eigenvalue weighted by atomic mass is 10.3. The standard InChI is InChI=1S/C13H12ClN3O3S/c1-9(18)16-10-2-4-12(5-3-10)21(19,20)17-11-6-7-15-13(14)8-11/h2-8H,1H3,(H,15,17)(H,16,18). The summed E-state index contributed by atoms with van der Waals surface area (Å²) in [6.45, 7) is 1.37. The summed E-state index contributed by atoms with van der Waals surface area (Å²) >= 11 is 5.70. The fraction of sp³-hybridized carbons (Fsp3) is 0.0769. The number of pyridine rings is 1. The van der Waals surface area contributed by atoms with E-state index >= 15 is 0 Å². The van der Waals surface area contributed by atoms with Crippen LogP contribution in [0.2, 0.25) is 5.15 Å². The minimum Gasteiger partial charge on any atom is -0.326 e. The molecule has 0 saturated carbocycles. The molecule has 0 fully saturated rings. The number of hydrogen-bond donors (Lipinski definition) is 2. The van der Waals surface area contributed by atoms with Crippen molar-refractivity contribution >= 4 is 38.9 Å². The SMILES string of the molecule is CC(=O)Nc1ccc(S(=O)(=O)Nc2ccnc(Cl)c2)cc1. The first-order valence-corrected chi connectivity index (χ1v) is 7.75. The average molecular weight is 326 g/mol. The molecule has 0 aliphatic carbocycles. The topological polar surface area (TPSA) is 88.2 Å². The van der Waals surface area contributed by atoms with Gasteiger partial charge in [-0.2, -0.15) is 0 Å². The number of rotatable bonds is 4. The van der Waals surface area contributed by atoms with Gasteiger partial charge in [-0.1, -0.05) is 11.6 Å². The molecule has 8 heteroatoms. The van der Waals surface area contributed by atoms with Crippen molar-refractivity contribution in [3.63, 3.8) is 0 Å². The molecule has 6 nitrogen and oxygen atoms in total. The van der Waals surface area contributed by atoms with Gasteiger partial charge in [-0.25, -0.2) is 13.4 Å². The van der Waals surface area contributed by atoms with Crippen LogP contribution in [0.15, 0.2) is 47.5 Å². The van der Waals surface area contributed by atoms with Crippen molar-refractivity contribution in [1.82, 2.24) is 4.98 Å². The molecule has 1 aromatic heterocycles. The van der Waals surface area contributed by atoms with Gasteiger partial charge in [-0.05, 0) is 36.4 Å². The largest absolute Gasteiger partial charge is 0.326 e. The molecule has 0 spiro atoms. The number of hydrogen-bond acceptors (Lipinski definition) is 4. The quantitative estimate of drug-likeness (QED) is 0.845. The first-order chi connectivity index (χ1) is 9.87. The summed E-state index contributed by atoms with van der Waals surface area (Å²) in [4.78, 5) is 14.8. The lowest BCUT2D eigenvalue weighted by Gasteiger charge is -2.09. The Kier molecular flexibility index (Phi) is 4.44. The number of sulfonamides is 1. The fourth-order valence-electron chi connectivity index (χ4n) is 1.60. The molecule has 0 bridgehead atoms. The van der Waals surface area contributed by atoms with Crippen LogP contribution in [-0.4, -0.2) is 19.3 Å². The van der Waals surface area contributed by atoms with E-state index in [1.165, 1.54) is 49.5 Å². The Morgan fingerprint density at radius 3 is 2.38 bits per heavy atom. The number of benzene rings is 1. The number of carbonyl (C=O) groups is 1. The molecule has 1 amide bonds. The fourth-order valence-corrected chi connectivity index (χ4v) is 2.82. The predicted molar refractivity (Wildman–Crippen MR) is 80.8 cm³/mol. The van der Waals surface area contributed by atoms with Crippen molar-refractivity contribution in [3.05, 3.63) is 47.7 Å².